The van der Waals surface area contributed by atoms with E-state index in [0.717, 1.165) is 22.8 Å². The molecular formula is C19H16F3N5O. The number of amidine groups is 1. The third-order valence-corrected chi connectivity index (χ3v) is 4.19. The molecule has 6 nitrogen and oxygen atoms in total. The molecule has 0 N–H and O–H groups in total. The van der Waals surface area contributed by atoms with Crippen molar-refractivity contribution in [2.24, 2.45) is 5.10 Å². The van der Waals surface area contributed by atoms with E-state index in [9.17, 15) is 13.2 Å². The second kappa shape index (κ2) is 7.34. The third kappa shape index (κ3) is 4.30. The highest BCUT2D eigenvalue weighted by Crippen LogP contribution is 2.27. The SMILES string of the molecule is FC(F)(F)Oc1ccc(C2=CN3CN(CCc4ncccn4)N=C3C=C2)cc1. The van der Waals surface area contributed by atoms with Gasteiger partial charge in [-0.2, -0.15) is 5.10 Å². The molecular weight excluding hydrogens is 371 g/mol. The second-order valence-electron chi connectivity index (χ2n) is 6.20. The maximum absolute atomic E-state index is 12.3. The fourth-order valence-corrected chi connectivity index (χ4v) is 2.92. The molecule has 144 valence electrons. The van der Waals surface area contributed by atoms with E-state index >= 15 is 0 Å². The number of allylic oxidation sites excluding steroid dienone is 2. The van der Waals surface area contributed by atoms with Crippen molar-refractivity contribution in [3.05, 3.63) is 72.5 Å². The molecule has 0 aliphatic carbocycles. The zero-order valence-corrected chi connectivity index (χ0v) is 14.7. The minimum absolute atomic E-state index is 0.241. The lowest BCUT2D eigenvalue weighted by atomic mass is 10.0. The largest absolute Gasteiger partial charge is 0.573 e. The molecule has 2 aliphatic heterocycles. The fraction of sp³-hybridized carbons (Fsp3) is 0.211. The highest BCUT2D eigenvalue weighted by atomic mass is 19.4. The molecule has 1 aromatic carbocycles. The van der Waals surface area contributed by atoms with Crippen LogP contribution < -0.4 is 4.74 Å². The van der Waals surface area contributed by atoms with Crippen LogP contribution in [-0.2, 0) is 6.42 Å². The quantitative estimate of drug-likeness (QED) is 0.787. The van der Waals surface area contributed by atoms with Crippen molar-refractivity contribution >= 4 is 11.4 Å². The molecule has 2 aromatic rings. The van der Waals surface area contributed by atoms with Crippen molar-refractivity contribution in [2.45, 2.75) is 12.8 Å². The summed E-state index contributed by atoms with van der Waals surface area (Å²) in [6, 6.07) is 7.58. The highest BCUT2D eigenvalue weighted by molar-refractivity contribution is 6.00. The Hall–Kier alpha value is -3.36. The molecule has 3 heterocycles. The van der Waals surface area contributed by atoms with E-state index in [1.807, 2.05) is 28.3 Å². The number of aromatic nitrogens is 2. The molecule has 9 heteroatoms. The molecule has 0 fully saturated rings. The molecule has 0 atom stereocenters. The average molecular weight is 387 g/mol. The number of benzene rings is 1. The van der Waals surface area contributed by atoms with Gasteiger partial charge in [-0.25, -0.2) is 9.97 Å². The summed E-state index contributed by atoms with van der Waals surface area (Å²) in [5.41, 5.74) is 1.67. The van der Waals surface area contributed by atoms with E-state index in [4.69, 9.17) is 0 Å². The number of alkyl halides is 3. The molecule has 0 spiro atoms. The van der Waals surface area contributed by atoms with E-state index in [-0.39, 0.29) is 5.75 Å². The molecule has 4 rings (SSSR count). The van der Waals surface area contributed by atoms with Crippen LogP contribution in [0, 0.1) is 0 Å². The summed E-state index contributed by atoms with van der Waals surface area (Å²) in [4.78, 5) is 10.4. The van der Waals surface area contributed by atoms with Crippen molar-refractivity contribution in [2.75, 3.05) is 13.2 Å². The van der Waals surface area contributed by atoms with Crippen LogP contribution in [0.2, 0.25) is 0 Å². The van der Waals surface area contributed by atoms with Crippen molar-refractivity contribution in [3.63, 3.8) is 0 Å². The minimum atomic E-state index is -4.69. The second-order valence-corrected chi connectivity index (χ2v) is 6.20. The van der Waals surface area contributed by atoms with Crippen LogP contribution in [-0.4, -0.2) is 45.3 Å². The summed E-state index contributed by atoms with van der Waals surface area (Å²) < 4.78 is 40.7. The van der Waals surface area contributed by atoms with Gasteiger partial charge < -0.3 is 9.64 Å². The van der Waals surface area contributed by atoms with Gasteiger partial charge in [-0.15, -0.1) is 13.2 Å². The monoisotopic (exact) mass is 387 g/mol. The average Bonchev–Trinajstić information content (AvgIpc) is 3.09. The first-order valence-electron chi connectivity index (χ1n) is 8.58. The normalized spacial score (nSPS) is 16.0. The lowest BCUT2D eigenvalue weighted by molar-refractivity contribution is -0.274. The summed E-state index contributed by atoms with van der Waals surface area (Å²) in [5.74, 6) is 1.34. The standard InChI is InChI=1S/C19H16F3N5O/c20-19(21,22)28-16-5-2-14(3-6-16)15-4-7-18-25-27(13-26(18)12-15)11-8-17-23-9-1-10-24-17/h1-7,9-10,12H,8,11,13H2. The van der Waals surface area contributed by atoms with Gasteiger partial charge in [0.05, 0.1) is 0 Å². The van der Waals surface area contributed by atoms with Gasteiger partial charge in [0.25, 0.3) is 0 Å². The third-order valence-electron chi connectivity index (χ3n) is 4.19. The van der Waals surface area contributed by atoms with Crippen molar-refractivity contribution < 1.29 is 17.9 Å². The van der Waals surface area contributed by atoms with Gasteiger partial charge in [-0.3, -0.25) is 5.01 Å². The Balaban J connectivity index is 1.39. The number of ether oxygens (including phenoxy) is 1. The smallest absolute Gasteiger partial charge is 0.406 e. The van der Waals surface area contributed by atoms with E-state index in [0.29, 0.717) is 19.6 Å². The van der Waals surface area contributed by atoms with Gasteiger partial charge in [0.1, 0.15) is 18.2 Å². The van der Waals surface area contributed by atoms with Crippen LogP contribution >= 0.6 is 0 Å². The summed E-state index contributed by atoms with van der Waals surface area (Å²) in [6.45, 7) is 1.27. The number of rotatable bonds is 5. The van der Waals surface area contributed by atoms with E-state index < -0.39 is 6.36 Å². The Bertz CT molecular complexity index is 923. The van der Waals surface area contributed by atoms with Crippen LogP contribution in [0.4, 0.5) is 13.2 Å². The van der Waals surface area contributed by atoms with Gasteiger partial charge in [0.15, 0.2) is 5.84 Å². The number of hydrazone groups is 1. The first-order valence-corrected chi connectivity index (χ1v) is 8.58. The van der Waals surface area contributed by atoms with E-state index in [1.54, 1.807) is 30.6 Å². The first-order chi connectivity index (χ1) is 13.5. The summed E-state index contributed by atoms with van der Waals surface area (Å²) in [6.07, 6.45) is 5.12. The molecule has 2 aliphatic rings. The molecule has 0 saturated carbocycles. The van der Waals surface area contributed by atoms with Crippen LogP contribution in [0.25, 0.3) is 5.57 Å². The maximum atomic E-state index is 12.3. The molecule has 0 radical (unpaired) electrons. The fourth-order valence-electron chi connectivity index (χ4n) is 2.92. The number of hydrogen-bond acceptors (Lipinski definition) is 6. The van der Waals surface area contributed by atoms with Gasteiger partial charge in [0, 0.05) is 31.6 Å². The van der Waals surface area contributed by atoms with Crippen LogP contribution in [0.1, 0.15) is 11.4 Å². The maximum Gasteiger partial charge on any atom is 0.573 e. The summed E-state index contributed by atoms with van der Waals surface area (Å²) >= 11 is 0. The lowest BCUT2D eigenvalue weighted by Gasteiger charge is -2.20. The molecule has 0 saturated heterocycles. The Morgan fingerprint density at radius 3 is 2.50 bits per heavy atom. The Morgan fingerprint density at radius 1 is 1.04 bits per heavy atom. The Kier molecular flexibility index (Phi) is 4.72. The first kappa shape index (κ1) is 18.0. The predicted octanol–water partition coefficient (Wildman–Crippen LogP) is 3.42. The number of halogens is 3. The van der Waals surface area contributed by atoms with E-state index in [2.05, 4.69) is 19.8 Å². The molecule has 0 unspecified atom stereocenters. The number of nitrogens with zero attached hydrogens (tertiary/aromatic N) is 5. The zero-order chi connectivity index (χ0) is 19.6. The van der Waals surface area contributed by atoms with Crippen molar-refractivity contribution in [3.8, 4) is 5.75 Å². The summed E-state index contributed by atoms with van der Waals surface area (Å²) in [5, 5.41) is 6.48. The van der Waals surface area contributed by atoms with Crippen molar-refractivity contribution in [1.82, 2.24) is 19.9 Å². The molecule has 0 amide bonds. The Labute approximate surface area is 159 Å². The summed E-state index contributed by atoms with van der Waals surface area (Å²) in [7, 11) is 0. The predicted molar refractivity (Wildman–Crippen MR) is 96.8 cm³/mol. The molecule has 0 bridgehead atoms. The van der Waals surface area contributed by atoms with Gasteiger partial charge >= 0.3 is 6.36 Å². The zero-order valence-electron chi connectivity index (χ0n) is 14.7. The Morgan fingerprint density at radius 2 is 1.79 bits per heavy atom. The molecule has 1 aromatic heterocycles. The lowest BCUT2D eigenvalue weighted by Crippen LogP contribution is -2.28. The van der Waals surface area contributed by atoms with Crippen LogP contribution in [0.15, 0.2) is 66.2 Å². The molecule has 28 heavy (non-hydrogen) atoms. The van der Waals surface area contributed by atoms with Gasteiger partial charge in [-0.05, 0) is 41.5 Å². The topological polar surface area (TPSA) is 53.9 Å². The van der Waals surface area contributed by atoms with Gasteiger partial charge in [0.2, 0.25) is 0 Å². The highest BCUT2D eigenvalue weighted by Gasteiger charge is 2.31. The van der Waals surface area contributed by atoms with Crippen LogP contribution in [0.3, 0.4) is 0 Å². The number of fused-ring (bicyclic) bond motifs is 1. The van der Waals surface area contributed by atoms with Crippen molar-refractivity contribution in [1.29, 1.82) is 0 Å². The van der Waals surface area contributed by atoms with Crippen LogP contribution in [0.5, 0.6) is 5.75 Å². The minimum Gasteiger partial charge on any atom is -0.406 e. The number of hydrogen-bond donors (Lipinski definition) is 0. The van der Waals surface area contributed by atoms with Gasteiger partial charge in [-0.1, -0.05) is 12.1 Å². The van der Waals surface area contributed by atoms with E-state index in [1.165, 1.54) is 12.1 Å².